The number of nitrogens with zero attached hydrogens (tertiary/aromatic N) is 3. The zero-order valence-electron chi connectivity index (χ0n) is 15.3. The second-order valence-corrected chi connectivity index (χ2v) is 7.47. The third-order valence-corrected chi connectivity index (χ3v) is 5.66. The van der Waals surface area contributed by atoms with Crippen molar-refractivity contribution in [2.24, 2.45) is 0 Å². The molecule has 1 amide bonds. The number of aryl methyl sites for hydroxylation is 1. The second kappa shape index (κ2) is 7.35. The number of pyridine rings is 1. The number of rotatable bonds is 3. The average molecular weight is 388 g/mol. The zero-order chi connectivity index (χ0) is 19.0. The molecule has 4 rings (SSSR count). The van der Waals surface area contributed by atoms with Crippen molar-refractivity contribution in [2.45, 2.75) is 52.2 Å². The first-order valence-electron chi connectivity index (χ1n) is 9.35. The largest absolute Gasteiger partial charge is 0.461 e. The van der Waals surface area contributed by atoms with Crippen molar-refractivity contribution in [3.05, 3.63) is 45.9 Å². The Morgan fingerprint density at radius 1 is 1.26 bits per heavy atom. The maximum Gasteiger partial charge on any atom is 0.302 e. The van der Waals surface area contributed by atoms with E-state index in [4.69, 9.17) is 16.3 Å². The maximum atomic E-state index is 13.4. The number of hydrogen-bond acceptors (Lipinski definition) is 4. The van der Waals surface area contributed by atoms with Gasteiger partial charge in [0.05, 0.1) is 10.6 Å². The molecule has 0 radical (unpaired) electrons. The van der Waals surface area contributed by atoms with Crippen LogP contribution in [0.1, 0.15) is 53.4 Å². The van der Waals surface area contributed by atoms with Crippen LogP contribution in [0.4, 0.5) is 5.82 Å². The predicted molar refractivity (Wildman–Crippen MR) is 102 cm³/mol. The lowest BCUT2D eigenvalue weighted by atomic mass is 10.0. The van der Waals surface area contributed by atoms with E-state index in [-0.39, 0.29) is 12.5 Å². The fourth-order valence-electron chi connectivity index (χ4n) is 4.01. The molecule has 0 aromatic carbocycles. The number of carbonyl (C=O) groups excluding carboxylic acids is 2. The van der Waals surface area contributed by atoms with Gasteiger partial charge in [-0.2, -0.15) is 0 Å². The van der Waals surface area contributed by atoms with Crippen molar-refractivity contribution in [3.8, 4) is 0 Å². The molecular weight excluding hydrogens is 366 g/mol. The average Bonchev–Trinajstić information content (AvgIpc) is 2.83. The van der Waals surface area contributed by atoms with Gasteiger partial charge in [0.15, 0.2) is 0 Å². The summed E-state index contributed by atoms with van der Waals surface area (Å²) >= 11 is 6.32. The van der Waals surface area contributed by atoms with E-state index in [2.05, 4.69) is 15.7 Å². The summed E-state index contributed by atoms with van der Waals surface area (Å²) in [7, 11) is 0. The van der Waals surface area contributed by atoms with Gasteiger partial charge in [-0.25, -0.2) is 4.98 Å². The molecule has 1 aliphatic carbocycles. The topological polar surface area (TPSA) is 64.4 Å². The molecule has 0 atom stereocenters. The van der Waals surface area contributed by atoms with Gasteiger partial charge in [-0.15, -0.1) is 0 Å². The number of carbonyl (C=O) groups is 2. The van der Waals surface area contributed by atoms with Crippen LogP contribution in [0, 0.1) is 0 Å². The van der Waals surface area contributed by atoms with Crippen LogP contribution in [0.15, 0.2) is 18.5 Å². The summed E-state index contributed by atoms with van der Waals surface area (Å²) in [5, 5.41) is 0.439. The molecule has 2 aliphatic rings. The highest BCUT2D eigenvalue weighted by atomic mass is 35.5. The van der Waals surface area contributed by atoms with Gasteiger partial charge in [0, 0.05) is 32.4 Å². The molecule has 2 aromatic rings. The van der Waals surface area contributed by atoms with E-state index in [1.165, 1.54) is 30.9 Å². The quantitative estimate of drug-likeness (QED) is 0.597. The standard InChI is InChI=1S/C20H22ClN3O3/c1-13(25)27-12-16-17(21)7-8-22-19(16)24-10-9-23-11-14-5-3-2-4-6-15(14)18(23)20(24)26/h7-8,11H,2-6,9-10,12H2,1H3. The molecule has 0 N–H and O–H groups in total. The number of anilines is 1. The molecule has 2 aromatic heterocycles. The number of fused-ring (bicyclic) bond motifs is 3. The summed E-state index contributed by atoms with van der Waals surface area (Å²) in [6.45, 7) is 2.58. The van der Waals surface area contributed by atoms with Crippen molar-refractivity contribution >= 4 is 29.3 Å². The Morgan fingerprint density at radius 2 is 2.07 bits per heavy atom. The van der Waals surface area contributed by atoms with Crippen molar-refractivity contribution in [1.82, 2.24) is 9.55 Å². The summed E-state index contributed by atoms with van der Waals surface area (Å²) in [6.07, 6.45) is 9.21. The van der Waals surface area contributed by atoms with Crippen LogP contribution in [-0.4, -0.2) is 28.0 Å². The van der Waals surface area contributed by atoms with E-state index in [1.54, 1.807) is 17.2 Å². The first-order chi connectivity index (χ1) is 13.1. The van der Waals surface area contributed by atoms with Crippen molar-refractivity contribution in [1.29, 1.82) is 0 Å². The molecule has 0 saturated heterocycles. The van der Waals surface area contributed by atoms with Crippen molar-refractivity contribution in [3.63, 3.8) is 0 Å². The van der Waals surface area contributed by atoms with Crippen LogP contribution in [0.3, 0.4) is 0 Å². The van der Waals surface area contributed by atoms with Gasteiger partial charge in [0.25, 0.3) is 5.91 Å². The van der Waals surface area contributed by atoms with Crippen LogP contribution in [-0.2, 0) is 35.5 Å². The Morgan fingerprint density at radius 3 is 2.89 bits per heavy atom. The predicted octanol–water partition coefficient (Wildman–Crippen LogP) is 3.53. The molecule has 0 saturated carbocycles. The molecule has 3 heterocycles. The normalized spacial score (nSPS) is 16.5. The Hall–Kier alpha value is -2.34. The van der Waals surface area contributed by atoms with Crippen molar-refractivity contribution < 1.29 is 14.3 Å². The Kier molecular flexibility index (Phi) is 4.91. The van der Waals surface area contributed by atoms with Gasteiger partial charge in [0.1, 0.15) is 18.1 Å². The van der Waals surface area contributed by atoms with Crippen molar-refractivity contribution in [2.75, 3.05) is 11.4 Å². The third kappa shape index (κ3) is 3.34. The van der Waals surface area contributed by atoms with Crippen LogP contribution >= 0.6 is 11.6 Å². The molecule has 142 valence electrons. The molecule has 0 bridgehead atoms. The number of amides is 1. The number of aromatic nitrogens is 2. The lowest BCUT2D eigenvalue weighted by Crippen LogP contribution is -2.41. The van der Waals surface area contributed by atoms with Crippen LogP contribution in [0.25, 0.3) is 0 Å². The Labute approximate surface area is 163 Å². The summed E-state index contributed by atoms with van der Waals surface area (Å²) in [6, 6.07) is 1.65. The smallest absolute Gasteiger partial charge is 0.302 e. The van der Waals surface area contributed by atoms with E-state index < -0.39 is 5.97 Å². The van der Waals surface area contributed by atoms with E-state index in [9.17, 15) is 9.59 Å². The minimum Gasteiger partial charge on any atom is -0.461 e. The number of ether oxygens (including phenoxy) is 1. The summed E-state index contributed by atoms with van der Waals surface area (Å²) in [5.41, 5.74) is 3.83. The zero-order valence-corrected chi connectivity index (χ0v) is 16.1. The molecule has 0 unspecified atom stereocenters. The third-order valence-electron chi connectivity index (χ3n) is 5.31. The summed E-state index contributed by atoms with van der Waals surface area (Å²) in [4.78, 5) is 30.7. The Balaban J connectivity index is 1.71. The van der Waals surface area contributed by atoms with E-state index >= 15 is 0 Å². The van der Waals surface area contributed by atoms with Gasteiger partial charge in [-0.3, -0.25) is 14.5 Å². The van der Waals surface area contributed by atoms with Crippen LogP contribution in [0.2, 0.25) is 5.02 Å². The van der Waals surface area contributed by atoms with Crippen LogP contribution < -0.4 is 4.90 Å². The van der Waals surface area contributed by atoms with E-state index in [0.29, 0.717) is 22.9 Å². The van der Waals surface area contributed by atoms with E-state index in [1.807, 2.05) is 0 Å². The molecule has 0 spiro atoms. The first-order valence-corrected chi connectivity index (χ1v) is 9.73. The lowest BCUT2D eigenvalue weighted by molar-refractivity contribution is -0.142. The minimum atomic E-state index is -0.398. The maximum absolute atomic E-state index is 13.4. The highest BCUT2D eigenvalue weighted by molar-refractivity contribution is 6.31. The second-order valence-electron chi connectivity index (χ2n) is 7.07. The highest BCUT2D eigenvalue weighted by Crippen LogP contribution is 2.33. The fourth-order valence-corrected chi connectivity index (χ4v) is 4.21. The highest BCUT2D eigenvalue weighted by Gasteiger charge is 2.33. The van der Waals surface area contributed by atoms with Gasteiger partial charge in [0.2, 0.25) is 0 Å². The van der Waals surface area contributed by atoms with Gasteiger partial charge in [-0.05, 0) is 42.9 Å². The summed E-state index contributed by atoms with van der Waals surface area (Å²) < 4.78 is 7.22. The number of esters is 1. The SMILES string of the molecule is CC(=O)OCc1c(Cl)ccnc1N1CCn2cc3c(c2C1=O)CCCCC3. The molecule has 1 aliphatic heterocycles. The van der Waals surface area contributed by atoms with E-state index in [0.717, 1.165) is 31.5 Å². The lowest BCUT2D eigenvalue weighted by Gasteiger charge is -2.30. The molecule has 7 heteroatoms. The Bertz CT molecular complexity index is 906. The van der Waals surface area contributed by atoms with Gasteiger partial charge >= 0.3 is 5.97 Å². The van der Waals surface area contributed by atoms with Gasteiger partial charge < -0.3 is 9.30 Å². The molecule has 0 fully saturated rings. The summed E-state index contributed by atoms with van der Waals surface area (Å²) in [5.74, 6) is 0.0249. The first kappa shape index (κ1) is 18.0. The monoisotopic (exact) mass is 387 g/mol. The number of halogens is 1. The fraction of sp³-hybridized carbons (Fsp3) is 0.450. The number of hydrogen-bond donors (Lipinski definition) is 0. The van der Waals surface area contributed by atoms with Crippen LogP contribution in [0.5, 0.6) is 0 Å². The van der Waals surface area contributed by atoms with Gasteiger partial charge in [-0.1, -0.05) is 18.0 Å². The molecular formula is C20H22ClN3O3. The minimum absolute atomic E-state index is 0.000237. The molecule has 27 heavy (non-hydrogen) atoms. The molecule has 6 nitrogen and oxygen atoms in total.